The van der Waals surface area contributed by atoms with Crippen LogP contribution in [0.1, 0.15) is 36.6 Å². The Labute approximate surface area is 174 Å². The van der Waals surface area contributed by atoms with E-state index < -0.39 is 15.6 Å². The molecule has 0 bridgehead atoms. The van der Waals surface area contributed by atoms with Gasteiger partial charge in [-0.15, -0.1) is 0 Å². The second kappa shape index (κ2) is 8.91. The van der Waals surface area contributed by atoms with Gasteiger partial charge in [0, 0.05) is 11.1 Å². The van der Waals surface area contributed by atoms with Gasteiger partial charge in [0.25, 0.3) is 0 Å². The maximum absolute atomic E-state index is 12.8. The Balaban J connectivity index is 1.77. The van der Waals surface area contributed by atoms with Crippen LogP contribution < -0.4 is 10.0 Å². The highest BCUT2D eigenvalue weighted by molar-refractivity contribution is 7.89. The molecule has 3 aromatic rings. The lowest BCUT2D eigenvalue weighted by molar-refractivity contribution is -0.692. The van der Waals surface area contributed by atoms with Gasteiger partial charge in [-0.25, -0.2) is 8.42 Å². The van der Waals surface area contributed by atoms with Crippen molar-refractivity contribution in [3.05, 3.63) is 102 Å². The van der Waals surface area contributed by atoms with Gasteiger partial charge in [0.1, 0.15) is 6.04 Å². The van der Waals surface area contributed by atoms with Gasteiger partial charge >= 0.3 is 0 Å². The number of nitrogens with one attached hydrogen (secondary N) is 1. The summed E-state index contributed by atoms with van der Waals surface area (Å²) in [4.78, 5) is 0.291. The first-order valence-electron chi connectivity index (χ1n) is 9.81. The summed E-state index contributed by atoms with van der Waals surface area (Å²) in [7, 11) is -3.58. The molecule has 152 valence electrons. The van der Waals surface area contributed by atoms with Gasteiger partial charge in [-0.1, -0.05) is 78.4 Å². The Morgan fingerprint density at radius 1 is 0.828 bits per heavy atom. The van der Waals surface area contributed by atoms with E-state index in [2.05, 4.69) is 34.3 Å². The molecule has 3 rings (SSSR count). The minimum Gasteiger partial charge on any atom is -0.335 e. The third kappa shape index (κ3) is 5.76. The van der Waals surface area contributed by atoms with Crippen molar-refractivity contribution >= 4 is 10.0 Å². The topological polar surface area (TPSA) is 62.8 Å². The van der Waals surface area contributed by atoms with E-state index in [-0.39, 0.29) is 6.04 Å². The molecule has 0 aromatic heterocycles. The van der Waals surface area contributed by atoms with Crippen LogP contribution in [0.25, 0.3) is 0 Å². The van der Waals surface area contributed by atoms with Gasteiger partial charge in [-0.05, 0) is 32.9 Å². The van der Waals surface area contributed by atoms with Crippen LogP contribution in [0.3, 0.4) is 0 Å². The molecule has 4 nitrogen and oxygen atoms in total. The van der Waals surface area contributed by atoms with E-state index in [4.69, 9.17) is 0 Å². The van der Waals surface area contributed by atoms with Crippen LogP contribution in [-0.2, 0) is 10.0 Å². The van der Waals surface area contributed by atoms with Gasteiger partial charge in [-0.2, -0.15) is 4.72 Å². The number of quaternary nitrogens is 1. The number of benzene rings is 3. The summed E-state index contributed by atoms with van der Waals surface area (Å²) < 4.78 is 28.5. The Kier molecular flexibility index (Phi) is 6.52. The Morgan fingerprint density at radius 3 is 1.79 bits per heavy atom. The van der Waals surface area contributed by atoms with E-state index in [1.807, 2.05) is 69.3 Å². The fraction of sp³-hybridized carbons (Fsp3) is 0.250. The molecule has 0 aliphatic carbocycles. The summed E-state index contributed by atoms with van der Waals surface area (Å²) in [6.07, 6.45) is 0. The van der Waals surface area contributed by atoms with Gasteiger partial charge in [0.05, 0.1) is 17.0 Å². The molecular formula is C24H29N2O2S+. The van der Waals surface area contributed by atoms with Gasteiger partial charge in [0.2, 0.25) is 10.0 Å². The maximum atomic E-state index is 12.8. The highest BCUT2D eigenvalue weighted by Crippen LogP contribution is 2.18. The molecule has 0 atom stereocenters. The van der Waals surface area contributed by atoms with Gasteiger partial charge in [-0.3, -0.25) is 0 Å². The Hall–Kier alpha value is -2.47. The van der Waals surface area contributed by atoms with Crippen LogP contribution in [0.4, 0.5) is 0 Å². The van der Waals surface area contributed by atoms with Crippen molar-refractivity contribution in [1.29, 1.82) is 0 Å². The SMILES string of the molecule is Cc1ccc(S(=O)(=O)NC(C)(C)C[NH2+]C(c2ccccc2)c2ccccc2)cc1. The molecule has 29 heavy (non-hydrogen) atoms. The molecule has 3 N–H and O–H groups in total. The van der Waals surface area contributed by atoms with Crippen LogP contribution in [0, 0.1) is 6.92 Å². The third-order valence-electron chi connectivity index (χ3n) is 4.92. The Bertz CT molecular complexity index is 976. The quantitative estimate of drug-likeness (QED) is 0.599. The molecule has 0 amide bonds. The number of hydrogen-bond acceptors (Lipinski definition) is 2. The molecule has 0 spiro atoms. The zero-order valence-corrected chi connectivity index (χ0v) is 18.0. The van der Waals surface area contributed by atoms with Crippen LogP contribution >= 0.6 is 0 Å². The van der Waals surface area contributed by atoms with E-state index in [0.29, 0.717) is 11.4 Å². The lowest BCUT2D eigenvalue weighted by Crippen LogP contribution is -2.90. The molecule has 0 aliphatic heterocycles. The summed E-state index contributed by atoms with van der Waals surface area (Å²) in [6.45, 7) is 6.37. The minimum atomic E-state index is -3.58. The molecule has 3 aromatic carbocycles. The van der Waals surface area contributed by atoms with E-state index in [0.717, 1.165) is 5.56 Å². The fourth-order valence-corrected chi connectivity index (χ4v) is 4.80. The second-order valence-electron chi connectivity index (χ2n) is 8.04. The van der Waals surface area contributed by atoms with Crippen molar-refractivity contribution in [3.8, 4) is 0 Å². The third-order valence-corrected chi connectivity index (χ3v) is 6.64. The molecule has 0 radical (unpaired) electrons. The Morgan fingerprint density at radius 2 is 1.31 bits per heavy atom. The zero-order chi connectivity index (χ0) is 20.9. The van der Waals surface area contributed by atoms with E-state index in [1.54, 1.807) is 12.1 Å². The lowest BCUT2D eigenvalue weighted by Gasteiger charge is -2.27. The fourth-order valence-electron chi connectivity index (χ4n) is 3.38. The molecule has 0 saturated heterocycles. The van der Waals surface area contributed by atoms with Crippen LogP contribution in [0.2, 0.25) is 0 Å². The minimum absolute atomic E-state index is 0.0977. The van der Waals surface area contributed by atoms with Crippen LogP contribution in [0.15, 0.2) is 89.8 Å². The highest BCUT2D eigenvalue weighted by atomic mass is 32.2. The summed E-state index contributed by atoms with van der Waals surface area (Å²) in [6, 6.07) is 27.6. The van der Waals surface area contributed by atoms with Crippen LogP contribution in [-0.4, -0.2) is 20.5 Å². The summed E-state index contributed by atoms with van der Waals surface area (Å²) in [5, 5.41) is 2.20. The molecule has 0 heterocycles. The average Bonchev–Trinajstić information content (AvgIpc) is 2.69. The van der Waals surface area contributed by atoms with Crippen molar-refractivity contribution < 1.29 is 13.7 Å². The average molecular weight is 410 g/mol. The molecule has 0 saturated carbocycles. The smallest absolute Gasteiger partial charge is 0.241 e. The predicted octanol–water partition coefficient (Wildman–Crippen LogP) is 3.40. The van der Waals surface area contributed by atoms with E-state index >= 15 is 0 Å². The van der Waals surface area contributed by atoms with Gasteiger partial charge < -0.3 is 5.32 Å². The number of sulfonamides is 1. The highest BCUT2D eigenvalue weighted by Gasteiger charge is 2.30. The summed E-state index contributed by atoms with van der Waals surface area (Å²) >= 11 is 0. The molecule has 0 unspecified atom stereocenters. The number of nitrogens with two attached hydrogens (primary N) is 1. The maximum Gasteiger partial charge on any atom is 0.241 e. The number of rotatable bonds is 8. The molecule has 0 fully saturated rings. The largest absolute Gasteiger partial charge is 0.335 e. The monoisotopic (exact) mass is 409 g/mol. The first-order valence-corrected chi connectivity index (χ1v) is 11.3. The zero-order valence-electron chi connectivity index (χ0n) is 17.2. The first kappa shape index (κ1) is 21.2. The second-order valence-corrected chi connectivity index (χ2v) is 9.72. The standard InChI is InChI=1S/C24H28N2O2S/c1-19-14-16-22(17-15-19)29(27,28)26-24(2,3)18-25-23(20-10-6-4-7-11-20)21-12-8-5-9-13-21/h4-17,23,25-26H,18H2,1-3H3/p+1. The molecule has 5 heteroatoms. The number of hydrogen-bond donors (Lipinski definition) is 2. The van der Waals surface area contributed by atoms with Crippen molar-refractivity contribution in [2.75, 3.05) is 6.54 Å². The van der Waals surface area contributed by atoms with E-state index in [9.17, 15) is 8.42 Å². The van der Waals surface area contributed by atoms with Crippen molar-refractivity contribution in [2.45, 2.75) is 37.2 Å². The first-order chi connectivity index (χ1) is 13.8. The molecule has 0 aliphatic rings. The normalized spacial score (nSPS) is 12.3. The van der Waals surface area contributed by atoms with Crippen molar-refractivity contribution in [2.24, 2.45) is 0 Å². The van der Waals surface area contributed by atoms with Gasteiger partial charge in [0.15, 0.2) is 0 Å². The predicted molar refractivity (Wildman–Crippen MR) is 117 cm³/mol. The van der Waals surface area contributed by atoms with Crippen molar-refractivity contribution in [1.82, 2.24) is 4.72 Å². The molecular weight excluding hydrogens is 380 g/mol. The number of aryl methyl sites for hydroxylation is 1. The lowest BCUT2D eigenvalue weighted by atomic mass is 9.97. The van der Waals surface area contributed by atoms with E-state index in [1.165, 1.54) is 11.1 Å². The summed E-state index contributed by atoms with van der Waals surface area (Å²) in [5.41, 5.74) is 2.79. The summed E-state index contributed by atoms with van der Waals surface area (Å²) in [5.74, 6) is 0. The van der Waals surface area contributed by atoms with Crippen molar-refractivity contribution in [3.63, 3.8) is 0 Å². The van der Waals surface area contributed by atoms with Crippen LogP contribution in [0.5, 0.6) is 0 Å².